The smallest absolute Gasteiger partial charge is 0.193 e. The molecule has 0 aromatic carbocycles. The number of hydrogen-bond donors (Lipinski definition) is 0. The summed E-state index contributed by atoms with van der Waals surface area (Å²) in [6, 6.07) is 8.61. The van der Waals surface area contributed by atoms with Crippen LogP contribution >= 0.6 is 11.3 Å². The van der Waals surface area contributed by atoms with Crippen LogP contribution < -0.4 is 0 Å². The van der Waals surface area contributed by atoms with Gasteiger partial charge in [0.1, 0.15) is 0 Å². The molecule has 0 bridgehead atoms. The van der Waals surface area contributed by atoms with Crippen molar-refractivity contribution in [2.45, 2.75) is 58.7 Å². The predicted molar refractivity (Wildman–Crippen MR) is 104 cm³/mol. The maximum Gasteiger partial charge on any atom is 0.193 e. The van der Waals surface area contributed by atoms with Crippen LogP contribution in [0.15, 0.2) is 30.5 Å². The summed E-state index contributed by atoms with van der Waals surface area (Å²) in [5.41, 5.74) is 2.35. The molecule has 0 saturated carbocycles. The van der Waals surface area contributed by atoms with Crippen molar-refractivity contribution in [2.75, 3.05) is 13.2 Å². The van der Waals surface area contributed by atoms with Crippen molar-refractivity contribution in [3.8, 4) is 10.4 Å². The fourth-order valence-electron chi connectivity index (χ4n) is 3.08. The molecule has 3 nitrogen and oxygen atoms in total. The first kappa shape index (κ1) is 18.6. The maximum absolute atomic E-state index is 5.96. The summed E-state index contributed by atoms with van der Waals surface area (Å²) < 4.78 is 11.9. The Labute approximate surface area is 155 Å². The number of hydrogen-bond acceptors (Lipinski definition) is 4. The van der Waals surface area contributed by atoms with E-state index in [-0.39, 0.29) is 6.29 Å². The summed E-state index contributed by atoms with van der Waals surface area (Å²) in [6.07, 6.45) is 8.96. The summed E-state index contributed by atoms with van der Waals surface area (Å²) in [5.74, 6) is 0.551. The Balaban J connectivity index is 1.57. The van der Waals surface area contributed by atoms with Crippen molar-refractivity contribution in [2.24, 2.45) is 5.92 Å². The predicted octanol–water partition coefficient (Wildman–Crippen LogP) is 6.00. The van der Waals surface area contributed by atoms with Gasteiger partial charge in [0.15, 0.2) is 6.29 Å². The SMILES string of the molecule is CCCCc1ccc(-c2ccc(C3OCC(CCCC)CO3)s2)cn1. The van der Waals surface area contributed by atoms with Crippen LogP contribution in [-0.2, 0) is 15.9 Å². The van der Waals surface area contributed by atoms with Gasteiger partial charge in [-0.05, 0) is 37.5 Å². The minimum atomic E-state index is -0.201. The first-order valence-corrected chi connectivity index (χ1v) is 10.4. The summed E-state index contributed by atoms with van der Waals surface area (Å²) >= 11 is 1.75. The summed E-state index contributed by atoms with van der Waals surface area (Å²) in [4.78, 5) is 6.98. The Morgan fingerprint density at radius 1 is 1.04 bits per heavy atom. The van der Waals surface area contributed by atoms with Crippen LogP contribution in [0.1, 0.15) is 62.8 Å². The van der Waals surface area contributed by atoms with E-state index in [0.717, 1.165) is 24.5 Å². The van der Waals surface area contributed by atoms with Crippen molar-refractivity contribution in [3.05, 3.63) is 41.0 Å². The van der Waals surface area contributed by atoms with Crippen molar-refractivity contribution in [3.63, 3.8) is 0 Å². The third kappa shape index (κ3) is 5.13. The molecule has 0 amide bonds. The van der Waals surface area contributed by atoms with Gasteiger partial charge in [-0.25, -0.2) is 0 Å². The topological polar surface area (TPSA) is 31.4 Å². The van der Waals surface area contributed by atoms with Crippen LogP contribution in [0.5, 0.6) is 0 Å². The molecule has 0 spiro atoms. The minimum Gasteiger partial charge on any atom is -0.347 e. The van der Waals surface area contributed by atoms with Crippen LogP contribution in [0.3, 0.4) is 0 Å². The standard InChI is InChI=1S/C21H29NO2S/c1-3-5-7-16-14-23-21(24-15-16)20-12-11-19(25-20)17-9-10-18(22-13-17)8-6-4-2/h9-13,16,21H,3-8,14-15H2,1-2H3. The van der Waals surface area contributed by atoms with Gasteiger partial charge in [-0.1, -0.05) is 39.2 Å². The van der Waals surface area contributed by atoms with E-state index in [1.54, 1.807) is 11.3 Å². The van der Waals surface area contributed by atoms with Crippen molar-refractivity contribution in [1.82, 2.24) is 4.98 Å². The molecule has 0 unspecified atom stereocenters. The van der Waals surface area contributed by atoms with Gasteiger partial charge in [-0.15, -0.1) is 11.3 Å². The van der Waals surface area contributed by atoms with Gasteiger partial charge in [0, 0.05) is 28.2 Å². The molecule has 0 atom stereocenters. The van der Waals surface area contributed by atoms with Gasteiger partial charge in [0.05, 0.1) is 18.1 Å². The van der Waals surface area contributed by atoms with Gasteiger partial charge in [0.25, 0.3) is 0 Å². The quantitative estimate of drug-likeness (QED) is 0.579. The highest BCUT2D eigenvalue weighted by molar-refractivity contribution is 7.15. The maximum atomic E-state index is 5.96. The number of aryl methyl sites for hydroxylation is 1. The van der Waals surface area contributed by atoms with E-state index in [1.165, 1.54) is 48.2 Å². The summed E-state index contributed by atoms with van der Waals surface area (Å²) in [6.45, 7) is 6.06. The zero-order valence-electron chi connectivity index (χ0n) is 15.4. The number of nitrogens with zero attached hydrogens (tertiary/aromatic N) is 1. The zero-order valence-corrected chi connectivity index (χ0v) is 16.2. The number of rotatable bonds is 8. The third-order valence-electron chi connectivity index (χ3n) is 4.69. The average molecular weight is 360 g/mol. The number of pyridine rings is 1. The molecule has 2 aromatic heterocycles. The van der Waals surface area contributed by atoms with Crippen LogP contribution in [0.25, 0.3) is 10.4 Å². The van der Waals surface area contributed by atoms with E-state index >= 15 is 0 Å². The van der Waals surface area contributed by atoms with Crippen LogP contribution in [0.2, 0.25) is 0 Å². The fraction of sp³-hybridized carbons (Fsp3) is 0.571. The Morgan fingerprint density at radius 2 is 1.84 bits per heavy atom. The first-order chi connectivity index (χ1) is 12.3. The lowest BCUT2D eigenvalue weighted by atomic mass is 10.0. The van der Waals surface area contributed by atoms with Gasteiger partial charge >= 0.3 is 0 Å². The highest BCUT2D eigenvalue weighted by atomic mass is 32.1. The van der Waals surface area contributed by atoms with Crippen LogP contribution in [-0.4, -0.2) is 18.2 Å². The molecule has 3 rings (SSSR count). The largest absolute Gasteiger partial charge is 0.347 e. The second-order valence-corrected chi connectivity index (χ2v) is 7.97. The number of ether oxygens (including phenoxy) is 2. The second-order valence-electron chi connectivity index (χ2n) is 6.85. The van der Waals surface area contributed by atoms with E-state index in [0.29, 0.717) is 5.92 Å². The van der Waals surface area contributed by atoms with E-state index in [1.807, 2.05) is 6.20 Å². The van der Waals surface area contributed by atoms with E-state index in [2.05, 4.69) is 43.1 Å². The van der Waals surface area contributed by atoms with Crippen molar-refractivity contribution >= 4 is 11.3 Å². The number of aromatic nitrogens is 1. The Hall–Kier alpha value is -1.23. The molecule has 1 aliphatic rings. The van der Waals surface area contributed by atoms with E-state index in [9.17, 15) is 0 Å². The number of thiophene rings is 1. The Kier molecular flexibility index (Phi) is 7.02. The molecule has 1 fully saturated rings. The Morgan fingerprint density at radius 3 is 2.52 bits per heavy atom. The second kappa shape index (κ2) is 9.46. The lowest BCUT2D eigenvalue weighted by Gasteiger charge is -2.28. The van der Waals surface area contributed by atoms with Crippen LogP contribution in [0.4, 0.5) is 0 Å². The molecular weight excluding hydrogens is 330 g/mol. The molecule has 1 aliphatic heterocycles. The van der Waals surface area contributed by atoms with Gasteiger partial charge in [-0.3, -0.25) is 4.98 Å². The summed E-state index contributed by atoms with van der Waals surface area (Å²) in [5, 5.41) is 0. The van der Waals surface area contributed by atoms with Gasteiger partial charge < -0.3 is 9.47 Å². The van der Waals surface area contributed by atoms with E-state index in [4.69, 9.17) is 9.47 Å². The molecule has 1 saturated heterocycles. The lowest BCUT2D eigenvalue weighted by molar-refractivity contribution is -0.204. The summed E-state index contributed by atoms with van der Waals surface area (Å²) in [7, 11) is 0. The minimum absolute atomic E-state index is 0.201. The zero-order chi connectivity index (χ0) is 17.5. The molecule has 25 heavy (non-hydrogen) atoms. The molecule has 0 aliphatic carbocycles. The van der Waals surface area contributed by atoms with Crippen molar-refractivity contribution in [1.29, 1.82) is 0 Å². The molecule has 3 heterocycles. The molecule has 4 heteroatoms. The van der Waals surface area contributed by atoms with Gasteiger partial charge in [-0.2, -0.15) is 0 Å². The molecule has 2 aromatic rings. The van der Waals surface area contributed by atoms with Crippen LogP contribution in [0, 0.1) is 5.92 Å². The fourth-order valence-corrected chi connectivity index (χ4v) is 4.07. The third-order valence-corrected chi connectivity index (χ3v) is 5.84. The van der Waals surface area contributed by atoms with Crippen molar-refractivity contribution < 1.29 is 9.47 Å². The monoisotopic (exact) mass is 359 g/mol. The molecule has 136 valence electrons. The van der Waals surface area contributed by atoms with Gasteiger partial charge in [0.2, 0.25) is 0 Å². The number of unbranched alkanes of at least 4 members (excludes halogenated alkanes) is 2. The average Bonchev–Trinajstić information content (AvgIpc) is 3.15. The highest BCUT2D eigenvalue weighted by Gasteiger charge is 2.24. The normalized spacial score (nSPS) is 20.7. The molecule has 0 radical (unpaired) electrons. The first-order valence-electron chi connectivity index (χ1n) is 9.58. The molecular formula is C21H29NO2S. The highest BCUT2D eigenvalue weighted by Crippen LogP contribution is 2.35. The Bertz CT molecular complexity index is 630. The lowest BCUT2D eigenvalue weighted by Crippen LogP contribution is -2.26. The van der Waals surface area contributed by atoms with E-state index < -0.39 is 0 Å². The molecule has 0 N–H and O–H groups in total.